The second-order valence-corrected chi connectivity index (χ2v) is 9.80. The highest BCUT2D eigenvalue weighted by Crippen LogP contribution is 2.30. The standard InChI is InChI=1S/C19H21ClF2N4O3S/c1-30(27,28)26-9-6-15-16(11-26)23-18(20)19(24-15)25-7-4-13(5-8-25)29-17-3-2-12(21)10-14(17)22/h2-3,10,13H,4-9,11H2,1H3. The third-order valence-electron chi connectivity index (χ3n) is 5.31. The van der Waals surface area contributed by atoms with E-state index in [0.717, 1.165) is 11.8 Å². The zero-order valence-electron chi connectivity index (χ0n) is 16.3. The maximum Gasteiger partial charge on any atom is 0.211 e. The minimum absolute atomic E-state index is 0.0388. The van der Waals surface area contributed by atoms with E-state index in [1.165, 1.54) is 22.7 Å². The zero-order valence-corrected chi connectivity index (χ0v) is 17.9. The number of piperidine rings is 1. The van der Waals surface area contributed by atoms with E-state index >= 15 is 0 Å². The van der Waals surface area contributed by atoms with Crippen LogP contribution in [0.1, 0.15) is 24.2 Å². The molecule has 1 aromatic carbocycles. The smallest absolute Gasteiger partial charge is 0.211 e. The molecule has 0 aliphatic carbocycles. The number of fused-ring (bicyclic) bond motifs is 1. The Morgan fingerprint density at radius 2 is 1.87 bits per heavy atom. The largest absolute Gasteiger partial charge is 0.487 e. The molecule has 0 N–H and O–H groups in total. The van der Waals surface area contributed by atoms with Crippen molar-refractivity contribution in [2.45, 2.75) is 31.9 Å². The lowest BCUT2D eigenvalue weighted by Gasteiger charge is -2.34. The molecule has 2 aliphatic rings. The van der Waals surface area contributed by atoms with E-state index in [9.17, 15) is 17.2 Å². The average Bonchev–Trinajstić information content (AvgIpc) is 2.69. The van der Waals surface area contributed by atoms with E-state index in [1.807, 2.05) is 4.90 Å². The first-order valence-electron chi connectivity index (χ1n) is 9.58. The van der Waals surface area contributed by atoms with Gasteiger partial charge in [-0.3, -0.25) is 0 Å². The molecule has 0 unspecified atom stereocenters. The van der Waals surface area contributed by atoms with Crippen LogP contribution in [0.2, 0.25) is 5.15 Å². The predicted molar refractivity (Wildman–Crippen MR) is 108 cm³/mol. The first-order chi connectivity index (χ1) is 14.2. The van der Waals surface area contributed by atoms with Gasteiger partial charge in [-0.25, -0.2) is 27.2 Å². The Morgan fingerprint density at radius 1 is 1.13 bits per heavy atom. The number of benzene rings is 1. The lowest BCUT2D eigenvalue weighted by atomic mass is 10.1. The van der Waals surface area contributed by atoms with E-state index in [4.69, 9.17) is 16.3 Å². The summed E-state index contributed by atoms with van der Waals surface area (Å²) in [7, 11) is -3.30. The van der Waals surface area contributed by atoms with Crippen molar-refractivity contribution >= 4 is 27.4 Å². The quantitative estimate of drug-likeness (QED) is 0.701. The number of ether oxygens (including phenoxy) is 1. The highest BCUT2D eigenvalue weighted by Gasteiger charge is 2.29. The molecule has 0 spiro atoms. The van der Waals surface area contributed by atoms with Gasteiger partial charge in [0.05, 0.1) is 24.2 Å². The van der Waals surface area contributed by atoms with Crippen molar-refractivity contribution in [1.82, 2.24) is 14.3 Å². The molecule has 2 aromatic rings. The van der Waals surface area contributed by atoms with Crippen LogP contribution in [0.5, 0.6) is 5.75 Å². The van der Waals surface area contributed by atoms with Crippen LogP contribution in [0.4, 0.5) is 14.6 Å². The van der Waals surface area contributed by atoms with Gasteiger partial charge in [-0.05, 0) is 12.1 Å². The number of sulfonamides is 1. The number of hydrogen-bond donors (Lipinski definition) is 0. The molecule has 0 atom stereocenters. The van der Waals surface area contributed by atoms with Gasteiger partial charge in [-0.15, -0.1) is 0 Å². The van der Waals surface area contributed by atoms with Crippen LogP contribution in [-0.4, -0.2) is 54.7 Å². The molecule has 11 heteroatoms. The van der Waals surface area contributed by atoms with Gasteiger partial charge in [-0.2, -0.15) is 4.31 Å². The summed E-state index contributed by atoms with van der Waals surface area (Å²) in [6, 6.07) is 3.27. The van der Waals surface area contributed by atoms with Gasteiger partial charge >= 0.3 is 0 Å². The number of aromatic nitrogens is 2. The van der Waals surface area contributed by atoms with Crippen molar-refractivity contribution in [1.29, 1.82) is 0 Å². The van der Waals surface area contributed by atoms with Crippen molar-refractivity contribution in [3.8, 4) is 5.75 Å². The van der Waals surface area contributed by atoms with E-state index in [-0.39, 0.29) is 23.6 Å². The summed E-state index contributed by atoms with van der Waals surface area (Å²) in [5.74, 6) is -0.759. The van der Waals surface area contributed by atoms with Crippen LogP contribution < -0.4 is 9.64 Å². The summed E-state index contributed by atoms with van der Waals surface area (Å²) in [6.45, 7) is 1.72. The first kappa shape index (κ1) is 21.2. The normalized spacial score (nSPS) is 18.3. The predicted octanol–water partition coefficient (Wildman–Crippen LogP) is 2.77. The monoisotopic (exact) mass is 458 g/mol. The number of halogens is 3. The molecule has 1 aromatic heterocycles. The van der Waals surface area contributed by atoms with E-state index < -0.39 is 21.7 Å². The van der Waals surface area contributed by atoms with Gasteiger partial charge < -0.3 is 9.64 Å². The minimum atomic E-state index is -3.30. The van der Waals surface area contributed by atoms with Crippen LogP contribution in [0.25, 0.3) is 0 Å². The fraction of sp³-hybridized carbons (Fsp3) is 0.474. The Balaban J connectivity index is 1.43. The van der Waals surface area contributed by atoms with Crippen LogP contribution >= 0.6 is 11.6 Å². The van der Waals surface area contributed by atoms with Crippen LogP contribution in [0, 0.1) is 11.6 Å². The van der Waals surface area contributed by atoms with Gasteiger partial charge in [0.25, 0.3) is 0 Å². The molecule has 162 valence electrons. The third-order valence-corrected chi connectivity index (χ3v) is 6.82. The second-order valence-electron chi connectivity index (χ2n) is 7.46. The molecular formula is C19H21ClF2N4O3S. The molecule has 7 nitrogen and oxygen atoms in total. The summed E-state index contributed by atoms with van der Waals surface area (Å²) >= 11 is 6.36. The lowest BCUT2D eigenvalue weighted by molar-refractivity contribution is 0.163. The van der Waals surface area contributed by atoms with E-state index in [2.05, 4.69) is 9.97 Å². The summed E-state index contributed by atoms with van der Waals surface area (Å²) < 4.78 is 57.5. The Hall–Kier alpha value is -2.04. The molecule has 4 rings (SSSR count). The molecule has 2 aliphatic heterocycles. The molecule has 3 heterocycles. The summed E-state index contributed by atoms with van der Waals surface area (Å²) in [6.07, 6.45) is 2.68. The van der Waals surface area contributed by atoms with E-state index in [1.54, 1.807) is 0 Å². The van der Waals surface area contributed by atoms with Crippen molar-refractivity contribution in [3.63, 3.8) is 0 Å². The Morgan fingerprint density at radius 3 is 2.53 bits per heavy atom. The topological polar surface area (TPSA) is 75.6 Å². The third kappa shape index (κ3) is 4.50. The summed E-state index contributed by atoms with van der Waals surface area (Å²) in [5.41, 5.74) is 1.33. The second kappa shape index (κ2) is 8.24. The van der Waals surface area contributed by atoms with E-state index in [0.29, 0.717) is 50.4 Å². The molecular weight excluding hydrogens is 438 g/mol. The van der Waals surface area contributed by atoms with Gasteiger partial charge in [0, 0.05) is 45.0 Å². The summed E-state index contributed by atoms with van der Waals surface area (Å²) in [5, 5.41) is 0.230. The van der Waals surface area contributed by atoms with Gasteiger partial charge in [0.1, 0.15) is 11.9 Å². The molecule has 0 radical (unpaired) electrons. The van der Waals surface area contributed by atoms with Crippen molar-refractivity contribution in [2.24, 2.45) is 0 Å². The number of anilines is 1. The molecule has 30 heavy (non-hydrogen) atoms. The zero-order chi connectivity index (χ0) is 21.5. The molecule has 1 saturated heterocycles. The summed E-state index contributed by atoms with van der Waals surface area (Å²) in [4.78, 5) is 11.1. The maximum atomic E-state index is 13.8. The van der Waals surface area contributed by atoms with Gasteiger partial charge in [-0.1, -0.05) is 11.6 Å². The van der Waals surface area contributed by atoms with Crippen molar-refractivity contribution in [2.75, 3.05) is 30.8 Å². The highest BCUT2D eigenvalue weighted by molar-refractivity contribution is 7.88. The first-order valence-corrected chi connectivity index (χ1v) is 11.8. The molecule has 0 amide bonds. The fourth-order valence-electron chi connectivity index (χ4n) is 3.70. The highest BCUT2D eigenvalue weighted by atomic mass is 35.5. The fourth-order valence-corrected chi connectivity index (χ4v) is 4.74. The van der Waals surface area contributed by atoms with Gasteiger partial charge in [0.15, 0.2) is 22.5 Å². The van der Waals surface area contributed by atoms with Crippen LogP contribution in [0.3, 0.4) is 0 Å². The maximum absolute atomic E-state index is 13.8. The Bertz CT molecular complexity index is 1060. The van der Waals surface area contributed by atoms with Crippen molar-refractivity contribution in [3.05, 3.63) is 46.4 Å². The molecule has 0 bridgehead atoms. The Kier molecular flexibility index (Phi) is 5.82. The number of hydrogen-bond acceptors (Lipinski definition) is 6. The van der Waals surface area contributed by atoms with Crippen LogP contribution in [0.15, 0.2) is 18.2 Å². The van der Waals surface area contributed by atoms with Gasteiger partial charge in [0.2, 0.25) is 10.0 Å². The number of nitrogens with zero attached hydrogens (tertiary/aromatic N) is 4. The number of rotatable bonds is 4. The minimum Gasteiger partial charge on any atom is -0.487 e. The van der Waals surface area contributed by atoms with Crippen molar-refractivity contribution < 1.29 is 21.9 Å². The molecule has 0 saturated carbocycles. The SMILES string of the molecule is CS(=O)(=O)N1CCc2nc(N3CCC(Oc4ccc(F)cc4F)CC3)c(Cl)nc2C1. The molecule has 1 fully saturated rings. The Labute approximate surface area is 178 Å². The lowest BCUT2D eigenvalue weighted by Crippen LogP contribution is -2.40. The van der Waals surface area contributed by atoms with Crippen LogP contribution in [-0.2, 0) is 23.0 Å². The average molecular weight is 459 g/mol.